The Morgan fingerprint density at radius 2 is 1.68 bits per heavy atom. The van der Waals surface area contributed by atoms with Crippen molar-refractivity contribution in [1.29, 1.82) is 0 Å². The third-order valence-corrected chi connectivity index (χ3v) is 4.69. The van der Waals surface area contributed by atoms with Gasteiger partial charge < -0.3 is 14.4 Å². The minimum atomic E-state index is -0.0338. The summed E-state index contributed by atoms with van der Waals surface area (Å²) >= 11 is 0. The molecule has 1 amide bonds. The highest BCUT2D eigenvalue weighted by Gasteiger charge is 2.13. The molecule has 2 aromatic rings. The van der Waals surface area contributed by atoms with Crippen LogP contribution in [-0.4, -0.2) is 31.6 Å². The van der Waals surface area contributed by atoms with Gasteiger partial charge in [0.2, 0.25) is 0 Å². The minimum Gasteiger partial charge on any atom is -0.497 e. The molecule has 0 N–H and O–H groups in total. The minimum absolute atomic E-state index is 0.0338. The molecule has 4 heteroatoms. The van der Waals surface area contributed by atoms with Gasteiger partial charge in [0, 0.05) is 13.6 Å². The number of aryl methyl sites for hydroxylation is 2. The van der Waals surface area contributed by atoms with E-state index in [1.807, 2.05) is 30.3 Å². The van der Waals surface area contributed by atoms with E-state index in [1.54, 1.807) is 19.1 Å². The summed E-state index contributed by atoms with van der Waals surface area (Å²) in [5.41, 5.74) is 3.84. The van der Waals surface area contributed by atoms with Crippen LogP contribution in [-0.2, 0) is 24.2 Å². The number of benzene rings is 2. The van der Waals surface area contributed by atoms with Crippen molar-refractivity contribution in [3.8, 4) is 11.5 Å². The Hall–Kier alpha value is -2.49. The lowest BCUT2D eigenvalue weighted by atomic mass is 9.92. The summed E-state index contributed by atoms with van der Waals surface area (Å²) in [4.78, 5) is 14.0. The molecule has 0 fully saturated rings. The number of methoxy groups -OCH3 is 1. The van der Waals surface area contributed by atoms with Crippen LogP contribution in [0, 0.1) is 0 Å². The number of fused-ring (bicyclic) bond motifs is 1. The van der Waals surface area contributed by atoms with Crippen molar-refractivity contribution in [3.05, 3.63) is 59.2 Å². The number of rotatable bonds is 6. The Morgan fingerprint density at radius 1 is 1.00 bits per heavy atom. The van der Waals surface area contributed by atoms with Crippen molar-refractivity contribution in [2.45, 2.75) is 32.2 Å². The summed E-state index contributed by atoms with van der Waals surface area (Å²) in [5, 5.41) is 0. The molecule has 132 valence electrons. The van der Waals surface area contributed by atoms with Crippen LogP contribution >= 0.6 is 0 Å². The molecule has 0 spiro atoms. The molecular formula is C21H25NO3. The van der Waals surface area contributed by atoms with Gasteiger partial charge in [-0.1, -0.05) is 18.2 Å². The fraction of sp³-hybridized carbons (Fsp3) is 0.381. The topological polar surface area (TPSA) is 38.8 Å². The third kappa shape index (κ3) is 4.53. The van der Waals surface area contributed by atoms with Gasteiger partial charge in [0.15, 0.2) is 6.61 Å². The maximum Gasteiger partial charge on any atom is 0.260 e. The predicted molar refractivity (Wildman–Crippen MR) is 98.0 cm³/mol. The number of carbonyl (C=O) groups excluding carboxylic acids is 1. The second kappa shape index (κ2) is 8.06. The second-order valence-corrected chi connectivity index (χ2v) is 6.52. The maximum absolute atomic E-state index is 12.3. The van der Waals surface area contributed by atoms with E-state index in [9.17, 15) is 4.79 Å². The van der Waals surface area contributed by atoms with Crippen LogP contribution in [0.5, 0.6) is 11.5 Å². The number of hydrogen-bond acceptors (Lipinski definition) is 3. The molecule has 0 saturated heterocycles. The van der Waals surface area contributed by atoms with Crippen molar-refractivity contribution >= 4 is 5.91 Å². The van der Waals surface area contributed by atoms with E-state index in [1.165, 1.54) is 24.0 Å². The molecular weight excluding hydrogens is 314 g/mol. The summed E-state index contributed by atoms with van der Waals surface area (Å²) in [6, 6.07) is 13.9. The highest BCUT2D eigenvalue weighted by molar-refractivity contribution is 5.77. The van der Waals surface area contributed by atoms with Gasteiger partial charge in [0.25, 0.3) is 5.91 Å². The average Bonchev–Trinajstić information content (AvgIpc) is 2.66. The van der Waals surface area contributed by atoms with E-state index in [4.69, 9.17) is 9.47 Å². The quantitative estimate of drug-likeness (QED) is 0.807. The van der Waals surface area contributed by atoms with Gasteiger partial charge in [0.05, 0.1) is 7.11 Å². The molecule has 0 heterocycles. The Balaban J connectivity index is 1.52. The molecule has 0 bridgehead atoms. The van der Waals surface area contributed by atoms with Crippen LogP contribution in [0.4, 0.5) is 0 Å². The molecule has 25 heavy (non-hydrogen) atoms. The van der Waals surface area contributed by atoms with E-state index < -0.39 is 0 Å². The third-order valence-electron chi connectivity index (χ3n) is 4.69. The fourth-order valence-corrected chi connectivity index (χ4v) is 3.15. The van der Waals surface area contributed by atoms with E-state index in [2.05, 4.69) is 12.1 Å². The smallest absolute Gasteiger partial charge is 0.260 e. The van der Waals surface area contributed by atoms with E-state index >= 15 is 0 Å². The zero-order valence-electron chi connectivity index (χ0n) is 15.0. The Labute approximate surface area is 149 Å². The van der Waals surface area contributed by atoms with Crippen molar-refractivity contribution in [3.63, 3.8) is 0 Å². The Kier molecular flexibility index (Phi) is 5.59. The van der Waals surface area contributed by atoms with E-state index in [0.29, 0.717) is 6.54 Å². The van der Waals surface area contributed by atoms with Crippen LogP contribution in [0.15, 0.2) is 42.5 Å². The number of nitrogens with zero attached hydrogens (tertiary/aromatic N) is 1. The number of ether oxygens (including phenoxy) is 2. The van der Waals surface area contributed by atoms with Gasteiger partial charge in [-0.2, -0.15) is 0 Å². The summed E-state index contributed by atoms with van der Waals surface area (Å²) in [6.07, 6.45) is 4.76. The molecule has 3 rings (SSSR count). The lowest BCUT2D eigenvalue weighted by molar-refractivity contribution is -0.132. The number of amides is 1. The summed E-state index contributed by atoms with van der Waals surface area (Å²) in [6.45, 7) is 0.613. The molecule has 1 aliphatic carbocycles. The molecule has 0 aromatic heterocycles. The first-order valence-corrected chi connectivity index (χ1v) is 8.77. The van der Waals surface area contributed by atoms with Crippen LogP contribution < -0.4 is 9.47 Å². The first-order valence-electron chi connectivity index (χ1n) is 8.77. The standard InChI is InChI=1S/C21H25NO3/c1-22(14-16-7-10-19(24-2)11-8-16)21(23)15-25-20-12-9-17-5-3-4-6-18(17)13-20/h7-13H,3-6,14-15H2,1-2H3. The fourth-order valence-electron chi connectivity index (χ4n) is 3.15. The number of likely N-dealkylation sites (N-methyl/N-ethyl adjacent to an activating group) is 1. The maximum atomic E-state index is 12.3. The molecule has 0 aliphatic heterocycles. The van der Waals surface area contributed by atoms with Gasteiger partial charge in [-0.25, -0.2) is 0 Å². The highest BCUT2D eigenvalue weighted by atomic mass is 16.5. The summed E-state index contributed by atoms with van der Waals surface area (Å²) in [5.74, 6) is 1.56. The van der Waals surface area contributed by atoms with Gasteiger partial charge in [-0.3, -0.25) is 4.79 Å². The van der Waals surface area contributed by atoms with Gasteiger partial charge >= 0.3 is 0 Å². The van der Waals surface area contributed by atoms with Crippen molar-refractivity contribution in [2.24, 2.45) is 0 Å². The second-order valence-electron chi connectivity index (χ2n) is 6.52. The summed E-state index contributed by atoms with van der Waals surface area (Å²) in [7, 11) is 3.44. The molecule has 1 aliphatic rings. The SMILES string of the molecule is COc1ccc(CN(C)C(=O)COc2ccc3c(c2)CCCC3)cc1. The Bertz CT molecular complexity index is 724. The van der Waals surface area contributed by atoms with Gasteiger partial charge in [-0.15, -0.1) is 0 Å². The number of hydrogen-bond donors (Lipinski definition) is 0. The van der Waals surface area contributed by atoms with E-state index in [-0.39, 0.29) is 12.5 Å². The first-order chi connectivity index (χ1) is 12.2. The molecule has 0 unspecified atom stereocenters. The highest BCUT2D eigenvalue weighted by Crippen LogP contribution is 2.25. The van der Waals surface area contributed by atoms with Crippen molar-refractivity contribution in [1.82, 2.24) is 4.90 Å². The van der Waals surface area contributed by atoms with Crippen LogP contribution in [0.3, 0.4) is 0 Å². The zero-order chi connectivity index (χ0) is 17.6. The Morgan fingerprint density at radius 3 is 2.40 bits per heavy atom. The van der Waals surface area contributed by atoms with Gasteiger partial charge in [-0.05, 0) is 66.6 Å². The normalized spacial score (nSPS) is 13.0. The molecule has 2 aromatic carbocycles. The van der Waals surface area contributed by atoms with Crippen LogP contribution in [0.1, 0.15) is 29.5 Å². The summed E-state index contributed by atoms with van der Waals surface area (Å²) < 4.78 is 10.9. The molecule has 0 atom stereocenters. The van der Waals surface area contributed by atoms with Crippen LogP contribution in [0.25, 0.3) is 0 Å². The number of carbonyl (C=O) groups is 1. The van der Waals surface area contributed by atoms with Crippen molar-refractivity contribution in [2.75, 3.05) is 20.8 Å². The monoisotopic (exact) mass is 339 g/mol. The van der Waals surface area contributed by atoms with Gasteiger partial charge in [0.1, 0.15) is 11.5 Å². The largest absolute Gasteiger partial charge is 0.497 e. The lowest BCUT2D eigenvalue weighted by Gasteiger charge is -2.19. The molecule has 0 saturated carbocycles. The lowest BCUT2D eigenvalue weighted by Crippen LogP contribution is -2.30. The predicted octanol–water partition coefficient (Wildman–Crippen LogP) is 3.61. The molecule has 0 radical (unpaired) electrons. The average molecular weight is 339 g/mol. The van der Waals surface area contributed by atoms with Crippen LogP contribution in [0.2, 0.25) is 0 Å². The molecule has 4 nitrogen and oxygen atoms in total. The zero-order valence-corrected chi connectivity index (χ0v) is 15.0. The van der Waals surface area contributed by atoms with E-state index in [0.717, 1.165) is 29.9 Å². The van der Waals surface area contributed by atoms with Crippen molar-refractivity contribution < 1.29 is 14.3 Å². The first kappa shape index (κ1) is 17.3.